The number of hydrogen-bond donors (Lipinski definition) is 0. The van der Waals surface area contributed by atoms with Crippen molar-refractivity contribution >= 4 is 44.4 Å². The smallest absolute Gasteiger partial charge is 0.229 e. The number of rotatable bonds is 11. The highest BCUT2D eigenvalue weighted by Crippen LogP contribution is 2.40. The van der Waals surface area contributed by atoms with Crippen LogP contribution in [0.2, 0.25) is 0 Å². The monoisotopic (exact) mass is 473 g/mol. The van der Waals surface area contributed by atoms with Gasteiger partial charge in [0.15, 0.2) is 5.13 Å². The van der Waals surface area contributed by atoms with E-state index in [-0.39, 0.29) is 5.91 Å². The molecule has 172 valence electrons. The largest absolute Gasteiger partial charge is 0.495 e. The Bertz CT molecular complexity index is 994. The van der Waals surface area contributed by atoms with E-state index < -0.39 is 0 Å². The second-order valence-corrected chi connectivity index (χ2v) is 9.90. The summed E-state index contributed by atoms with van der Waals surface area (Å²) in [7, 11) is 7.35. The molecule has 0 radical (unpaired) electrons. The van der Waals surface area contributed by atoms with Crippen LogP contribution < -0.4 is 14.4 Å². The van der Waals surface area contributed by atoms with Gasteiger partial charge >= 0.3 is 0 Å². The average Bonchev–Trinajstić information content (AvgIpc) is 3.22. The summed E-state index contributed by atoms with van der Waals surface area (Å²) in [6.07, 6.45) is 1.32. The summed E-state index contributed by atoms with van der Waals surface area (Å²) in [5.41, 5.74) is 1.96. The van der Waals surface area contributed by atoms with E-state index in [0.717, 1.165) is 34.7 Å². The van der Waals surface area contributed by atoms with Crippen molar-refractivity contribution in [2.75, 3.05) is 52.1 Å². The summed E-state index contributed by atoms with van der Waals surface area (Å²) >= 11 is 3.18. The van der Waals surface area contributed by atoms with Gasteiger partial charge in [-0.25, -0.2) is 4.98 Å². The molecule has 0 saturated carbocycles. The lowest BCUT2D eigenvalue weighted by Gasteiger charge is -2.21. The first-order chi connectivity index (χ1) is 15.4. The Kier molecular flexibility index (Phi) is 8.78. The third kappa shape index (κ3) is 6.15. The minimum atomic E-state index is 0.0837. The van der Waals surface area contributed by atoms with Crippen molar-refractivity contribution in [1.29, 1.82) is 0 Å². The summed E-state index contributed by atoms with van der Waals surface area (Å²) in [5, 5.41) is 0.687. The van der Waals surface area contributed by atoms with E-state index in [1.165, 1.54) is 21.8 Å². The van der Waals surface area contributed by atoms with E-state index in [1.54, 1.807) is 26.0 Å². The van der Waals surface area contributed by atoms with Gasteiger partial charge in [0, 0.05) is 23.6 Å². The third-order valence-electron chi connectivity index (χ3n) is 5.02. The van der Waals surface area contributed by atoms with Gasteiger partial charge in [0.2, 0.25) is 5.91 Å². The highest BCUT2D eigenvalue weighted by molar-refractivity contribution is 7.99. The summed E-state index contributed by atoms with van der Waals surface area (Å²) in [6.45, 7) is 3.60. The molecule has 0 spiro atoms. The van der Waals surface area contributed by atoms with Crippen LogP contribution in [-0.4, -0.2) is 62.9 Å². The molecule has 8 heteroatoms. The number of nitrogens with zero attached hydrogens (tertiary/aromatic N) is 3. The summed E-state index contributed by atoms with van der Waals surface area (Å²) in [6, 6.07) is 12.1. The van der Waals surface area contributed by atoms with Gasteiger partial charge in [0.05, 0.1) is 14.2 Å². The number of fused-ring (bicyclic) bond motifs is 1. The van der Waals surface area contributed by atoms with Gasteiger partial charge in [-0.3, -0.25) is 9.69 Å². The maximum absolute atomic E-state index is 13.3. The maximum atomic E-state index is 13.3. The molecule has 0 atom stereocenters. The van der Waals surface area contributed by atoms with Gasteiger partial charge in [-0.05, 0) is 58.3 Å². The van der Waals surface area contributed by atoms with E-state index in [9.17, 15) is 4.79 Å². The zero-order valence-electron chi connectivity index (χ0n) is 19.4. The first-order valence-corrected chi connectivity index (χ1v) is 12.4. The molecule has 1 amide bonds. The number of amides is 1. The summed E-state index contributed by atoms with van der Waals surface area (Å²) < 4.78 is 11.9. The summed E-state index contributed by atoms with van der Waals surface area (Å²) in [5.74, 6) is 2.23. The van der Waals surface area contributed by atoms with Crippen LogP contribution in [0.5, 0.6) is 11.5 Å². The number of thioether (sulfide) groups is 1. The van der Waals surface area contributed by atoms with Crippen molar-refractivity contribution in [3.63, 3.8) is 0 Å². The van der Waals surface area contributed by atoms with Crippen LogP contribution in [0.4, 0.5) is 5.13 Å². The first kappa shape index (κ1) is 24.4. The van der Waals surface area contributed by atoms with Crippen LogP contribution in [0.3, 0.4) is 0 Å². The van der Waals surface area contributed by atoms with Crippen LogP contribution in [0.1, 0.15) is 18.4 Å². The van der Waals surface area contributed by atoms with E-state index in [1.807, 2.05) is 31.1 Å². The Morgan fingerprint density at radius 3 is 2.38 bits per heavy atom. The Morgan fingerprint density at radius 2 is 1.72 bits per heavy atom. The highest BCUT2D eigenvalue weighted by atomic mass is 32.2. The van der Waals surface area contributed by atoms with Crippen molar-refractivity contribution in [2.24, 2.45) is 0 Å². The van der Waals surface area contributed by atoms with E-state index in [4.69, 9.17) is 14.5 Å². The Labute approximate surface area is 198 Å². The molecule has 0 aliphatic heterocycles. The molecule has 32 heavy (non-hydrogen) atoms. The number of anilines is 1. The van der Waals surface area contributed by atoms with Gasteiger partial charge < -0.3 is 14.4 Å². The van der Waals surface area contributed by atoms with Crippen molar-refractivity contribution < 1.29 is 14.3 Å². The fraction of sp³-hybridized carbons (Fsp3) is 0.417. The Balaban J connectivity index is 1.79. The van der Waals surface area contributed by atoms with Crippen molar-refractivity contribution in [2.45, 2.75) is 24.7 Å². The van der Waals surface area contributed by atoms with Crippen LogP contribution in [-0.2, 0) is 4.79 Å². The van der Waals surface area contributed by atoms with Gasteiger partial charge in [-0.15, -0.1) is 11.8 Å². The molecule has 0 N–H and O–H groups in total. The number of thiazole rings is 1. The normalized spacial score (nSPS) is 11.2. The fourth-order valence-corrected chi connectivity index (χ4v) is 5.25. The van der Waals surface area contributed by atoms with Gasteiger partial charge in [0.25, 0.3) is 0 Å². The predicted octanol–water partition coefficient (Wildman–Crippen LogP) is 5.09. The molecule has 0 fully saturated rings. The predicted molar refractivity (Wildman–Crippen MR) is 135 cm³/mol. The van der Waals surface area contributed by atoms with Crippen LogP contribution in [0, 0.1) is 6.92 Å². The first-order valence-electron chi connectivity index (χ1n) is 10.6. The number of carbonyl (C=O) groups excluding carboxylic acids is 1. The molecule has 0 aliphatic carbocycles. The van der Waals surface area contributed by atoms with Gasteiger partial charge in [-0.2, -0.15) is 0 Å². The second-order valence-electron chi connectivity index (χ2n) is 7.76. The molecule has 0 aliphatic rings. The molecule has 0 saturated heterocycles. The molecule has 1 aromatic heterocycles. The molecular weight excluding hydrogens is 442 g/mol. The molecule has 6 nitrogen and oxygen atoms in total. The van der Waals surface area contributed by atoms with Crippen molar-refractivity contribution in [3.8, 4) is 11.5 Å². The quantitative estimate of drug-likeness (QED) is 0.362. The van der Waals surface area contributed by atoms with Gasteiger partial charge in [-0.1, -0.05) is 29.0 Å². The molecule has 1 heterocycles. The number of aryl methyl sites for hydroxylation is 1. The van der Waals surface area contributed by atoms with Crippen molar-refractivity contribution in [3.05, 3.63) is 42.0 Å². The van der Waals surface area contributed by atoms with Crippen LogP contribution in [0.15, 0.2) is 41.3 Å². The number of benzene rings is 2. The Hall–Kier alpha value is -2.29. The van der Waals surface area contributed by atoms with E-state index in [2.05, 4.69) is 36.1 Å². The Morgan fingerprint density at radius 1 is 1.03 bits per heavy atom. The lowest BCUT2D eigenvalue weighted by molar-refractivity contribution is -0.118. The SMILES string of the molecule is COc1ccc(OC)c2sc(N(CCCN(C)C)C(=O)CCSc3ccc(C)cc3)nc12. The number of aromatic nitrogens is 1. The lowest BCUT2D eigenvalue weighted by atomic mass is 10.2. The van der Waals surface area contributed by atoms with Gasteiger partial charge in [0.1, 0.15) is 21.7 Å². The van der Waals surface area contributed by atoms with Crippen molar-refractivity contribution in [1.82, 2.24) is 9.88 Å². The number of carbonyl (C=O) groups is 1. The topological polar surface area (TPSA) is 54.9 Å². The number of hydrogen-bond acceptors (Lipinski definition) is 7. The fourth-order valence-electron chi connectivity index (χ4n) is 3.29. The molecule has 3 rings (SSSR count). The average molecular weight is 474 g/mol. The zero-order valence-corrected chi connectivity index (χ0v) is 21.0. The minimum Gasteiger partial charge on any atom is -0.495 e. The molecule has 0 unspecified atom stereocenters. The van der Waals surface area contributed by atoms with E-state index >= 15 is 0 Å². The number of ether oxygens (including phenoxy) is 2. The maximum Gasteiger partial charge on any atom is 0.229 e. The molecule has 0 bridgehead atoms. The molecular formula is C24H31N3O3S2. The zero-order chi connectivity index (χ0) is 23.1. The van der Waals surface area contributed by atoms with Crippen LogP contribution in [0.25, 0.3) is 10.2 Å². The van der Waals surface area contributed by atoms with Crippen LogP contribution >= 0.6 is 23.1 Å². The second kappa shape index (κ2) is 11.5. The lowest BCUT2D eigenvalue weighted by Crippen LogP contribution is -2.33. The standard InChI is InChI=1S/C24H31N3O3S2/c1-17-7-9-18(10-8-17)31-16-13-21(28)27(15-6-14-26(2)3)24-25-22-19(29-4)11-12-20(30-5)23(22)32-24/h7-12H,6,13-16H2,1-5H3. The highest BCUT2D eigenvalue weighted by Gasteiger charge is 2.22. The minimum absolute atomic E-state index is 0.0837. The van der Waals surface area contributed by atoms with E-state index in [0.29, 0.717) is 23.8 Å². The number of methoxy groups -OCH3 is 2. The summed E-state index contributed by atoms with van der Waals surface area (Å²) in [4.78, 5) is 23.2. The molecule has 3 aromatic rings. The molecule has 2 aromatic carbocycles. The third-order valence-corrected chi connectivity index (χ3v) is 7.13.